The van der Waals surface area contributed by atoms with Crippen LogP contribution in [0.15, 0.2) is 66.9 Å². The van der Waals surface area contributed by atoms with E-state index >= 15 is 0 Å². The third-order valence-electron chi connectivity index (χ3n) is 5.51. The predicted octanol–water partition coefficient (Wildman–Crippen LogP) is 3.70. The van der Waals surface area contributed by atoms with Crippen LogP contribution in [0.4, 0.5) is 5.69 Å². The van der Waals surface area contributed by atoms with Crippen LogP contribution in [-0.4, -0.2) is 39.3 Å². The van der Waals surface area contributed by atoms with Crippen molar-refractivity contribution >= 4 is 49.3 Å². The average Bonchev–Trinajstić information content (AvgIpc) is 2.78. The molecule has 0 spiro atoms. The number of phenols is 1. The van der Waals surface area contributed by atoms with Gasteiger partial charge in [0.05, 0.1) is 12.5 Å². The Hall–Kier alpha value is -3.62. The minimum Gasteiger partial charge on any atom is -0.743 e. The van der Waals surface area contributed by atoms with E-state index in [-0.39, 0.29) is 5.75 Å². The molecule has 0 aliphatic carbocycles. The SMILES string of the molecule is CO/C(=C/c1c(O)cc(N(C)C)c2ccccc12)c1cc[n+](CS(=O)(=O)[O-])c2ccccc12. The summed E-state index contributed by atoms with van der Waals surface area (Å²) in [5.41, 5.74) is 2.78. The van der Waals surface area contributed by atoms with Crippen molar-refractivity contribution in [1.29, 1.82) is 0 Å². The van der Waals surface area contributed by atoms with Crippen molar-refractivity contribution in [2.45, 2.75) is 5.88 Å². The monoisotopic (exact) mass is 464 g/mol. The first kappa shape index (κ1) is 22.6. The van der Waals surface area contributed by atoms with E-state index in [4.69, 9.17) is 4.74 Å². The molecular formula is C25H24N2O5S. The van der Waals surface area contributed by atoms with Crippen molar-refractivity contribution in [3.8, 4) is 5.75 Å². The number of hydrogen-bond donors (Lipinski definition) is 1. The number of methoxy groups -OCH3 is 1. The van der Waals surface area contributed by atoms with E-state index in [9.17, 15) is 18.1 Å². The number of hydrogen-bond acceptors (Lipinski definition) is 6. The summed E-state index contributed by atoms with van der Waals surface area (Å²) in [6.45, 7) is 0. The van der Waals surface area contributed by atoms with Gasteiger partial charge in [0.2, 0.25) is 11.4 Å². The second-order valence-electron chi connectivity index (χ2n) is 7.88. The molecule has 0 saturated heterocycles. The zero-order valence-corrected chi connectivity index (χ0v) is 19.3. The van der Waals surface area contributed by atoms with Crippen LogP contribution < -0.4 is 9.47 Å². The average molecular weight is 465 g/mol. The summed E-state index contributed by atoms with van der Waals surface area (Å²) in [5, 5.41) is 13.4. The molecule has 1 aromatic heterocycles. The molecule has 0 aliphatic rings. The summed E-state index contributed by atoms with van der Waals surface area (Å²) in [5.74, 6) is -0.0712. The lowest BCUT2D eigenvalue weighted by Crippen LogP contribution is -2.38. The number of phenolic OH excluding ortho intramolecular Hbond substituents is 1. The van der Waals surface area contributed by atoms with Gasteiger partial charge < -0.3 is 19.3 Å². The van der Waals surface area contributed by atoms with Gasteiger partial charge in [0, 0.05) is 54.5 Å². The number of ether oxygens (including phenoxy) is 1. The highest BCUT2D eigenvalue weighted by molar-refractivity contribution is 7.84. The number of aromatic hydroxyl groups is 1. The van der Waals surface area contributed by atoms with Crippen LogP contribution in [0.1, 0.15) is 11.1 Å². The number of para-hydroxylation sites is 1. The molecule has 0 radical (unpaired) electrons. The van der Waals surface area contributed by atoms with Gasteiger partial charge in [-0.2, -0.15) is 4.57 Å². The quantitative estimate of drug-likeness (QED) is 0.266. The van der Waals surface area contributed by atoms with Crippen molar-refractivity contribution in [1.82, 2.24) is 0 Å². The molecule has 0 aliphatic heterocycles. The van der Waals surface area contributed by atoms with E-state index < -0.39 is 16.0 Å². The predicted molar refractivity (Wildman–Crippen MR) is 129 cm³/mol. The molecular weight excluding hydrogens is 440 g/mol. The normalized spacial score (nSPS) is 12.3. The van der Waals surface area contributed by atoms with Crippen molar-refractivity contribution in [3.63, 3.8) is 0 Å². The van der Waals surface area contributed by atoms with Gasteiger partial charge in [-0.1, -0.05) is 36.4 Å². The minimum atomic E-state index is -4.47. The van der Waals surface area contributed by atoms with Gasteiger partial charge in [-0.05, 0) is 17.5 Å². The maximum Gasteiger partial charge on any atom is 0.237 e. The molecule has 4 aromatic rings. The molecule has 4 rings (SSSR count). The fourth-order valence-corrected chi connectivity index (χ4v) is 4.61. The summed E-state index contributed by atoms with van der Waals surface area (Å²) in [6.07, 6.45) is 3.32. The summed E-state index contributed by atoms with van der Waals surface area (Å²) in [7, 11) is 0.915. The molecule has 3 aromatic carbocycles. The van der Waals surface area contributed by atoms with Crippen molar-refractivity contribution in [3.05, 3.63) is 78.0 Å². The van der Waals surface area contributed by atoms with Gasteiger partial charge in [-0.3, -0.25) is 0 Å². The topological polar surface area (TPSA) is 93.8 Å². The zero-order valence-electron chi connectivity index (χ0n) is 18.5. The molecule has 170 valence electrons. The Balaban J connectivity index is 1.95. The first-order chi connectivity index (χ1) is 15.7. The molecule has 8 heteroatoms. The largest absolute Gasteiger partial charge is 0.743 e. The molecule has 1 N–H and O–H groups in total. The number of nitrogens with zero attached hydrogens (tertiary/aromatic N) is 2. The Labute approximate surface area is 192 Å². The fraction of sp³-hybridized carbons (Fsp3) is 0.160. The number of benzene rings is 3. The van der Waals surface area contributed by atoms with E-state index in [2.05, 4.69) is 0 Å². The molecule has 0 bridgehead atoms. The van der Waals surface area contributed by atoms with E-state index in [0.717, 1.165) is 16.5 Å². The Bertz CT molecular complexity index is 1490. The van der Waals surface area contributed by atoms with Gasteiger partial charge in [-0.25, -0.2) is 8.42 Å². The minimum absolute atomic E-state index is 0.111. The summed E-state index contributed by atoms with van der Waals surface area (Å²) in [6, 6.07) is 18.4. The van der Waals surface area contributed by atoms with Crippen molar-refractivity contribution in [2.75, 3.05) is 26.1 Å². The van der Waals surface area contributed by atoms with E-state index in [1.807, 2.05) is 55.4 Å². The second-order valence-corrected chi connectivity index (χ2v) is 9.26. The third-order valence-corrected chi connectivity index (χ3v) is 6.10. The molecule has 0 amide bonds. The van der Waals surface area contributed by atoms with Crippen LogP contribution >= 0.6 is 0 Å². The Morgan fingerprint density at radius 1 is 1.06 bits per heavy atom. The number of fused-ring (bicyclic) bond motifs is 2. The number of pyridine rings is 1. The summed E-state index contributed by atoms with van der Waals surface area (Å²) >= 11 is 0. The smallest absolute Gasteiger partial charge is 0.237 e. The Morgan fingerprint density at radius 2 is 1.70 bits per heavy atom. The van der Waals surface area contributed by atoms with Crippen LogP contribution in [0.2, 0.25) is 0 Å². The second kappa shape index (κ2) is 8.73. The van der Waals surface area contributed by atoms with E-state index in [0.29, 0.717) is 27.8 Å². The van der Waals surface area contributed by atoms with Gasteiger partial charge in [0.15, 0.2) is 16.3 Å². The molecule has 0 atom stereocenters. The lowest BCUT2D eigenvalue weighted by Gasteiger charge is -2.18. The van der Waals surface area contributed by atoms with Gasteiger partial charge in [0.1, 0.15) is 11.5 Å². The molecule has 0 saturated carbocycles. The molecule has 1 heterocycles. The zero-order chi connectivity index (χ0) is 23.8. The summed E-state index contributed by atoms with van der Waals surface area (Å²) < 4.78 is 41.2. The van der Waals surface area contributed by atoms with Crippen LogP contribution in [0.5, 0.6) is 5.75 Å². The maximum atomic E-state index is 11.4. The standard InChI is InChI=1S/C25H24N2O5S/c1-26(2)23-15-24(28)21(17-8-4-5-9-18(17)23)14-25(32-3)20-12-13-27(16-33(29,30)31)22-11-7-6-10-19(20)22/h4-15H,16H2,1-3H3,(H,29,30,31). The maximum absolute atomic E-state index is 11.4. The summed E-state index contributed by atoms with van der Waals surface area (Å²) in [4.78, 5) is 1.94. The van der Waals surface area contributed by atoms with Crippen molar-refractivity contribution < 1.29 is 27.4 Å². The van der Waals surface area contributed by atoms with Crippen LogP contribution in [0, 0.1) is 0 Å². The number of aromatic nitrogens is 1. The molecule has 0 fully saturated rings. The third kappa shape index (κ3) is 4.48. The first-order valence-electron chi connectivity index (χ1n) is 10.2. The molecule has 7 nitrogen and oxygen atoms in total. The number of anilines is 1. The van der Waals surface area contributed by atoms with Crippen LogP contribution in [0.25, 0.3) is 33.5 Å². The highest BCUT2D eigenvalue weighted by atomic mass is 32.2. The van der Waals surface area contributed by atoms with E-state index in [1.165, 1.54) is 11.7 Å². The van der Waals surface area contributed by atoms with Gasteiger partial charge in [-0.15, -0.1) is 0 Å². The Morgan fingerprint density at radius 3 is 2.33 bits per heavy atom. The lowest BCUT2D eigenvalue weighted by atomic mass is 9.98. The van der Waals surface area contributed by atoms with E-state index in [1.54, 1.807) is 36.5 Å². The number of rotatable bonds is 6. The highest BCUT2D eigenvalue weighted by Gasteiger charge is 2.19. The molecule has 0 unspecified atom stereocenters. The van der Waals surface area contributed by atoms with Crippen LogP contribution in [0.3, 0.4) is 0 Å². The Kier molecular flexibility index (Phi) is 5.97. The van der Waals surface area contributed by atoms with Gasteiger partial charge >= 0.3 is 0 Å². The van der Waals surface area contributed by atoms with Crippen molar-refractivity contribution in [2.24, 2.45) is 0 Å². The first-order valence-corrected chi connectivity index (χ1v) is 11.8. The molecule has 33 heavy (non-hydrogen) atoms. The van der Waals surface area contributed by atoms with Crippen LogP contribution in [-0.2, 0) is 20.7 Å². The highest BCUT2D eigenvalue weighted by Crippen LogP contribution is 2.38. The fourth-order valence-electron chi connectivity index (χ4n) is 4.05. The lowest BCUT2D eigenvalue weighted by molar-refractivity contribution is -0.651. The van der Waals surface area contributed by atoms with Gasteiger partial charge in [0.25, 0.3) is 0 Å².